The van der Waals surface area contributed by atoms with E-state index in [1.54, 1.807) is 23.1 Å². The number of rotatable bonds is 2. The maximum atomic E-state index is 13.2. The molecule has 4 aliphatic rings. The number of ether oxygens (including phenoxy) is 2. The number of carbonyl (C=O) groups excluding carboxylic acids is 3. The average Bonchev–Trinajstić information content (AvgIpc) is 3.45. The SMILES string of the molecule is CC1(C)Cc2nc(N3CCOc4ccc(C(=O)N5C[C@@H]6C[C@H]5C(=O)O6)cc43)sc2C(=O)N1. The van der Waals surface area contributed by atoms with E-state index >= 15 is 0 Å². The average molecular weight is 455 g/mol. The molecule has 0 spiro atoms. The first-order valence-corrected chi connectivity index (χ1v) is 11.5. The Morgan fingerprint density at radius 1 is 1.31 bits per heavy atom. The van der Waals surface area contributed by atoms with Gasteiger partial charge in [-0.25, -0.2) is 9.78 Å². The zero-order chi connectivity index (χ0) is 22.2. The lowest BCUT2D eigenvalue weighted by molar-refractivity contribution is -0.149. The minimum atomic E-state index is -0.497. The number of likely N-dealkylation sites (tertiary alicyclic amines) is 1. The van der Waals surface area contributed by atoms with Crippen molar-refractivity contribution >= 4 is 39.9 Å². The Morgan fingerprint density at radius 2 is 2.16 bits per heavy atom. The van der Waals surface area contributed by atoms with Crippen LogP contribution in [0.1, 0.15) is 46.0 Å². The van der Waals surface area contributed by atoms with Crippen LogP contribution in [0.4, 0.5) is 10.8 Å². The van der Waals surface area contributed by atoms with Gasteiger partial charge in [0.25, 0.3) is 11.8 Å². The van der Waals surface area contributed by atoms with Crippen molar-refractivity contribution in [2.24, 2.45) is 0 Å². The summed E-state index contributed by atoms with van der Waals surface area (Å²) < 4.78 is 11.0. The highest BCUT2D eigenvalue weighted by Gasteiger charge is 2.48. The molecule has 10 heteroatoms. The Kier molecular flexibility index (Phi) is 4.08. The summed E-state index contributed by atoms with van der Waals surface area (Å²) in [7, 11) is 0. The highest BCUT2D eigenvalue weighted by molar-refractivity contribution is 7.17. The maximum Gasteiger partial charge on any atom is 0.329 e. The van der Waals surface area contributed by atoms with E-state index in [0.29, 0.717) is 53.9 Å². The highest BCUT2D eigenvalue weighted by atomic mass is 32.1. The van der Waals surface area contributed by atoms with Gasteiger partial charge in [-0.2, -0.15) is 0 Å². The van der Waals surface area contributed by atoms with Crippen LogP contribution in [0, 0.1) is 0 Å². The summed E-state index contributed by atoms with van der Waals surface area (Å²) in [6, 6.07) is 4.80. The monoisotopic (exact) mass is 454 g/mol. The van der Waals surface area contributed by atoms with Crippen molar-refractivity contribution in [1.29, 1.82) is 0 Å². The van der Waals surface area contributed by atoms with Gasteiger partial charge in [0.2, 0.25) is 0 Å². The number of amides is 2. The number of esters is 1. The van der Waals surface area contributed by atoms with Crippen LogP contribution in [-0.2, 0) is 16.0 Å². The van der Waals surface area contributed by atoms with Crippen molar-refractivity contribution < 1.29 is 23.9 Å². The largest absolute Gasteiger partial charge is 0.490 e. The smallest absolute Gasteiger partial charge is 0.329 e. The second kappa shape index (κ2) is 6.68. The third-order valence-electron chi connectivity index (χ3n) is 6.33. The van der Waals surface area contributed by atoms with Crippen molar-refractivity contribution in [3.8, 4) is 5.75 Å². The molecular formula is C22H22N4O5S. The van der Waals surface area contributed by atoms with Crippen molar-refractivity contribution in [3.63, 3.8) is 0 Å². The summed E-state index contributed by atoms with van der Waals surface area (Å²) in [5.74, 6) is 0.0376. The normalized spacial score (nSPS) is 25.1. The topological polar surface area (TPSA) is 101 Å². The van der Waals surface area contributed by atoms with Gasteiger partial charge in [-0.1, -0.05) is 11.3 Å². The molecule has 9 nitrogen and oxygen atoms in total. The zero-order valence-electron chi connectivity index (χ0n) is 17.7. The zero-order valence-corrected chi connectivity index (χ0v) is 18.5. The van der Waals surface area contributed by atoms with Gasteiger partial charge in [-0.05, 0) is 32.0 Å². The van der Waals surface area contributed by atoms with Gasteiger partial charge in [-0.3, -0.25) is 9.59 Å². The lowest BCUT2D eigenvalue weighted by Crippen LogP contribution is -2.48. The molecule has 0 unspecified atom stereocenters. The second-order valence-corrected chi connectivity index (χ2v) is 10.2. The molecule has 32 heavy (non-hydrogen) atoms. The van der Waals surface area contributed by atoms with Crippen LogP contribution in [-0.4, -0.2) is 65.0 Å². The lowest BCUT2D eigenvalue weighted by atomic mass is 9.94. The van der Waals surface area contributed by atoms with E-state index in [4.69, 9.17) is 14.5 Å². The second-order valence-electron chi connectivity index (χ2n) is 9.24. The number of hydrogen-bond donors (Lipinski definition) is 1. The third kappa shape index (κ3) is 2.96. The van der Waals surface area contributed by atoms with Gasteiger partial charge < -0.3 is 24.6 Å². The lowest BCUT2D eigenvalue weighted by Gasteiger charge is -2.30. The Morgan fingerprint density at radius 3 is 2.94 bits per heavy atom. The molecule has 0 radical (unpaired) electrons. The number of aromatic nitrogens is 1. The van der Waals surface area contributed by atoms with E-state index < -0.39 is 6.04 Å². The van der Waals surface area contributed by atoms with E-state index in [-0.39, 0.29) is 29.4 Å². The molecule has 2 aromatic rings. The van der Waals surface area contributed by atoms with Crippen LogP contribution in [0.25, 0.3) is 0 Å². The van der Waals surface area contributed by atoms with Gasteiger partial charge in [0, 0.05) is 23.9 Å². The number of nitrogens with zero attached hydrogens (tertiary/aromatic N) is 3. The van der Waals surface area contributed by atoms with E-state index in [1.807, 2.05) is 18.7 Å². The molecule has 2 saturated heterocycles. The number of carbonyl (C=O) groups is 3. The van der Waals surface area contributed by atoms with E-state index in [9.17, 15) is 14.4 Å². The van der Waals surface area contributed by atoms with Crippen LogP contribution < -0.4 is 15.0 Å². The van der Waals surface area contributed by atoms with Crippen LogP contribution in [0.2, 0.25) is 0 Å². The van der Waals surface area contributed by atoms with Crippen LogP contribution >= 0.6 is 11.3 Å². The molecular weight excluding hydrogens is 432 g/mol. The van der Waals surface area contributed by atoms with Gasteiger partial charge in [-0.15, -0.1) is 0 Å². The fourth-order valence-electron chi connectivity index (χ4n) is 4.87. The predicted octanol–water partition coefficient (Wildman–Crippen LogP) is 1.88. The number of thiazole rings is 1. The first kappa shape index (κ1) is 19.5. The predicted molar refractivity (Wildman–Crippen MR) is 116 cm³/mol. The minimum Gasteiger partial charge on any atom is -0.490 e. The maximum absolute atomic E-state index is 13.2. The summed E-state index contributed by atoms with van der Waals surface area (Å²) in [5, 5.41) is 3.73. The molecule has 1 N–H and O–H groups in total. The molecule has 2 amide bonds. The van der Waals surface area contributed by atoms with Gasteiger partial charge in [0.15, 0.2) is 5.13 Å². The van der Waals surface area contributed by atoms with Crippen molar-refractivity contribution in [2.75, 3.05) is 24.6 Å². The standard InChI is InChI=1S/C22H22N4O5S/c1-22(2)9-13-17(18(27)24-22)32-21(23-13)25-5-6-30-16-4-3-11(7-14(16)25)19(28)26-10-12-8-15(26)20(29)31-12/h3-4,7,12,15H,5-6,8-10H2,1-2H3,(H,24,27)/t12-,15-/m0/s1. The van der Waals surface area contributed by atoms with Gasteiger partial charge >= 0.3 is 5.97 Å². The molecule has 2 bridgehead atoms. The summed E-state index contributed by atoms with van der Waals surface area (Å²) in [6.07, 6.45) is 1.02. The molecule has 1 aromatic carbocycles. The number of hydrogen-bond acceptors (Lipinski definition) is 8. The number of morpholine rings is 1. The quantitative estimate of drug-likeness (QED) is 0.692. The van der Waals surface area contributed by atoms with Crippen LogP contribution in [0.15, 0.2) is 18.2 Å². The summed E-state index contributed by atoms with van der Waals surface area (Å²) >= 11 is 1.35. The van der Waals surface area contributed by atoms with E-state index in [1.165, 1.54) is 11.3 Å². The number of anilines is 2. The molecule has 166 valence electrons. The van der Waals surface area contributed by atoms with Crippen LogP contribution in [0.5, 0.6) is 5.75 Å². The van der Waals surface area contributed by atoms with E-state index in [0.717, 1.165) is 11.4 Å². The molecule has 1 aromatic heterocycles. The van der Waals surface area contributed by atoms with Crippen molar-refractivity contribution in [1.82, 2.24) is 15.2 Å². The fourth-order valence-corrected chi connectivity index (χ4v) is 5.89. The molecule has 0 aliphatic carbocycles. The van der Waals surface area contributed by atoms with E-state index in [2.05, 4.69) is 5.32 Å². The summed E-state index contributed by atoms with van der Waals surface area (Å²) in [6.45, 7) is 5.43. The molecule has 6 rings (SSSR count). The summed E-state index contributed by atoms with van der Waals surface area (Å²) in [4.78, 5) is 46.7. The Hall–Kier alpha value is -3.14. The summed E-state index contributed by atoms with van der Waals surface area (Å²) in [5.41, 5.74) is 1.68. The van der Waals surface area contributed by atoms with Crippen LogP contribution in [0.3, 0.4) is 0 Å². The van der Waals surface area contributed by atoms with Crippen molar-refractivity contribution in [2.45, 2.75) is 44.4 Å². The molecule has 0 saturated carbocycles. The molecule has 2 atom stereocenters. The Bertz CT molecular complexity index is 1180. The fraction of sp³-hybridized carbons (Fsp3) is 0.455. The Balaban J connectivity index is 1.34. The third-order valence-corrected chi connectivity index (χ3v) is 7.45. The molecule has 2 fully saturated rings. The Labute approximate surface area is 188 Å². The number of fused-ring (bicyclic) bond motifs is 4. The number of nitrogens with one attached hydrogen (secondary N) is 1. The first-order chi connectivity index (χ1) is 15.3. The van der Waals surface area contributed by atoms with Gasteiger partial charge in [0.05, 0.1) is 24.5 Å². The first-order valence-electron chi connectivity index (χ1n) is 10.7. The van der Waals surface area contributed by atoms with Gasteiger partial charge in [0.1, 0.15) is 29.4 Å². The minimum absolute atomic E-state index is 0.103. The molecule has 4 aliphatic heterocycles. The molecule has 5 heterocycles. The van der Waals surface area contributed by atoms with Crippen molar-refractivity contribution in [3.05, 3.63) is 34.3 Å². The number of benzene rings is 1. The highest BCUT2D eigenvalue weighted by Crippen LogP contribution is 2.41.